The molecule has 0 fully saturated rings. The summed E-state index contributed by atoms with van der Waals surface area (Å²) in [6.45, 7) is 4.88. The maximum atomic E-state index is 16.7. The molecule has 1 aliphatic heterocycles. The first kappa shape index (κ1) is 53.2. The van der Waals surface area contributed by atoms with Gasteiger partial charge in [0, 0.05) is 44.3 Å². The molecule has 7 nitrogen and oxygen atoms in total. The second-order valence-electron chi connectivity index (χ2n) is 17.8. The molecule has 8 bridgehead atoms. The highest BCUT2D eigenvalue weighted by molar-refractivity contribution is 6.01. The zero-order chi connectivity index (χ0) is 53.0. The van der Waals surface area contributed by atoms with Crippen LogP contribution in [0.5, 0.6) is 17.2 Å². The van der Waals surface area contributed by atoms with Crippen LogP contribution >= 0.6 is 0 Å². The molecule has 3 N–H and O–H groups in total. The van der Waals surface area contributed by atoms with Gasteiger partial charge in [-0.15, -0.1) is 0 Å². The number of benzene rings is 3. The van der Waals surface area contributed by atoms with Gasteiger partial charge in [0.2, 0.25) is 34.9 Å². The monoisotopic (exact) mass is 1040 g/mol. The molecular formula is C55H50F12N4O3. The first-order chi connectivity index (χ1) is 35.6. The Morgan fingerprint density at radius 1 is 0.311 bits per heavy atom. The summed E-state index contributed by atoms with van der Waals surface area (Å²) >= 11 is 0. The van der Waals surface area contributed by atoms with Crippen LogP contribution in [0.15, 0.2) is 36.4 Å². The summed E-state index contributed by atoms with van der Waals surface area (Å²) in [5.74, 6) is -27.2. The highest BCUT2D eigenvalue weighted by Crippen LogP contribution is 2.45. The third-order valence-electron chi connectivity index (χ3n) is 12.7. The van der Waals surface area contributed by atoms with Gasteiger partial charge >= 0.3 is 0 Å². The summed E-state index contributed by atoms with van der Waals surface area (Å²) in [5, 5.41) is 0. The molecule has 0 unspecified atom stereocenters. The van der Waals surface area contributed by atoms with E-state index in [2.05, 4.69) is 19.9 Å². The molecule has 0 amide bonds. The van der Waals surface area contributed by atoms with Gasteiger partial charge in [-0.05, 0) is 67.8 Å². The molecule has 7 aromatic rings. The van der Waals surface area contributed by atoms with Gasteiger partial charge in [-0.2, -0.15) is 26.3 Å². The van der Waals surface area contributed by atoms with Crippen LogP contribution in [0.25, 0.3) is 78.6 Å². The van der Waals surface area contributed by atoms with Crippen LogP contribution in [0.2, 0.25) is 0 Å². The van der Waals surface area contributed by atoms with E-state index in [-0.39, 0.29) is 48.7 Å². The minimum absolute atomic E-state index is 0.0193. The fourth-order valence-electron chi connectivity index (χ4n) is 8.93. The van der Waals surface area contributed by atoms with E-state index in [0.29, 0.717) is 32.1 Å². The molecule has 0 saturated carbocycles. The average Bonchev–Trinajstić information content (AvgIpc) is 4.25. The number of ether oxygens (including phenoxy) is 3. The van der Waals surface area contributed by atoms with Crippen molar-refractivity contribution in [3.05, 3.63) is 118 Å². The first-order valence-electron chi connectivity index (χ1n) is 24.5. The van der Waals surface area contributed by atoms with Crippen LogP contribution in [0.1, 0.15) is 109 Å². The maximum Gasteiger partial charge on any atom is 0.204 e. The van der Waals surface area contributed by atoms with Gasteiger partial charge in [0.05, 0.1) is 53.4 Å². The Morgan fingerprint density at radius 2 is 0.581 bits per heavy atom. The number of nitrogens with one attached hydrogen (secondary N) is 3. The van der Waals surface area contributed by atoms with Gasteiger partial charge < -0.3 is 29.2 Å². The van der Waals surface area contributed by atoms with Crippen molar-refractivity contribution in [2.45, 2.75) is 97.8 Å². The van der Waals surface area contributed by atoms with Crippen molar-refractivity contribution in [3.8, 4) is 50.6 Å². The Bertz CT molecular complexity index is 3310. The molecule has 74 heavy (non-hydrogen) atoms. The van der Waals surface area contributed by atoms with E-state index in [1.807, 2.05) is 20.8 Å². The average molecular weight is 1040 g/mol. The predicted molar refractivity (Wildman–Crippen MR) is 260 cm³/mol. The van der Waals surface area contributed by atoms with E-state index in [0.717, 1.165) is 62.8 Å². The number of hydrogen-bond donors (Lipinski definition) is 3. The SMILES string of the molecule is CCCCCCOc1c(F)c(F)c(-c2c3nc(c4ccc([nH]4)c(-c4c(F)c(F)c(OCCCCCC)c(F)c4F)c4ccc([nH]4)c(-c4c(F)c(F)c(OCCCCCC)c(F)c4F)c4ccc2[nH]4)C=C3)c(F)c1F. The predicted octanol–water partition coefficient (Wildman–Crippen LogP) is 17.2. The highest BCUT2D eigenvalue weighted by atomic mass is 19.2. The van der Waals surface area contributed by atoms with Crippen molar-refractivity contribution in [3.63, 3.8) is 0 Å². The number of halogens is 12. The number of fused-ring (bicyclic) bond motifs is 9. The molecule has 0 atom stereocenters. The van der Waals surface area contributed by atoms with E-state index in [4.69, 9.17) is 14.2 Å². The van der Waals surface area contributed by atoms with E-state index < -0.39 is 143 Å². The zero-order valence-electron chi connectivity index (χ0n) is 40.4. The van der Waals surface area contributed by atoms with Crippen LogP contribution in [-0.2, 0) is 0 Å². The standard InChI is InChI=1S/C55H50F12N4O3/c1-4-7-10-13-24-72-53-47(62)41(56)38(42(57)48(53)63)35-29-18-16-27(68-29)28-17-19-30(69-28)36(39-43(58)49(64)54(50(65)44(39)59)73-25-14-11-8-5-2)32-21-23-34(71-32)37(33-22-20-31(35)70-33)40-45(60)51(66)55(52(67)46(40)61)74-26-15-12-9-6-3/h16-23,68,70-71H,4-15,24-26H2,1-3H3. The summed E-state index contributed by atoms with van der Waals surface area (Å²) in [4.78, 5) is 12.8. The van der Waals surface area contributed by atoms with Gasteiger partial charge in [-0.3, -0.25) is 0 Å². The Hall–Kier alpha value is -7.05. The van der Waals surface area contributed by atoms with Crippen LogP contribution < -0.4 is 14.2 Å². The number of aromatic amines is 3. The van der Waals surface area contributed by atoms with Crippen LogP contribution in [0.4, 0.5) is 52.7 Å². The molecule has 3 aromatic carbocycles. The molecule has 1 aliphatic rings. The summed E-state index contributed by atoms with van der Waals surface area (Å²) in [7, 11) is 0. The maximum absolute atomic E-state index is 16.7. The van der Waals surface area contributed by atoms with Crippen LogP contribution in [0.3, 0.4) is 0 Å². The molecule has 0 saturated heterocycles. The lowest BCUT2D eigenvalue weighted by atomic mass is 10.0. The van der Waals surface area contributed by atoms with Crippen molar-refractivity contribution < 1.29 is 66.9 Å². The van der Waals surface area contributed by atoms with E-state index >= 15 is 52.7 Å². The summed E-state index contributed by atoms with van der Waals surface area (Å²) in [6, 6.07) is 6.81. The van der Waals surface area contributed by atoms with Gasteiger partial charge in [0.1, 0.15) is 0 Å². The Kier molecular flexibility index (Phi) is 16.6. The first-order valence-corrected chi connectivity index (χ1v) is 24.5. The lowest BCUT2D eigenvalue weighted by Gasteiger charge is -2.14. The molecule has 392 valence electrons. The number of hydrogen-bond acceptors (Lipinski definition) is 4. The third kappa shape index (κ3) is 10.1. The Labute approximate surface area is 416 Å². The van der Waals surface area contributed by atoms with Gasteiger partial charge in [-0.25, -0.2) is 31.3 Å². The molecule has 19 heteroatoms. The molecule has 0 spiro atoms. The van der Waals surface area contributed by atoms with Crippen molar-refractivity contribution in [1.82, 2.24) is 19.9 Å². The number of nitrogens with zero attached hydrogens (tertiary/aromatic N) is 1. The van der Waals surface area contributed by atoms with E-state index in [1.54, 1.807) is 0 Å². The highest BCUT2D eigenvalue weighted by Gasteiger charge is 2.34. The molecule has 5 heterocycles. The third-order valence-corrected chi connectivity index (χ3v) is 12.7. The lowest BCUT2D eigenvalue weighted by molar-refractivity contribution is 0.264. The molecule has 0 radical (unpaired) electrons. The van der Waals surface area contributed by atoms with E-state index in [1.165, 1.54) is 24.3 Å². The van der Waals surface area contributed by atoms with Crippen molar-refractivity contribution >= 4 is 45.3 Å². The van der Waals surface area contributed by atoms with Gasteiger partial charge in [0.15, 0.2) is 52.2 Å². The second kappa shape index (κ2) is 23.0. The molecule has 8 rings (SSSR count). The number of rotatable bonds is 21. The number of unbranched alkanes of at least 4 members (excludes halogenated alkanes) is 9. The summed E-state index contributed by atoms with van der Waals surface area (Å²) in [6.07, 6.45) is 9.84. The lowest BCUT2D eigenvalue weighted by Crippen LogP contribution is -2.08. The summed E-state index contributed by atoms with van der Waals surface area (Å²) < 4.78 is 211. The van der Waals surface area contributed by atoms with Crippen molar-refractivity contribution in [2.24, 2.45) is 0 Å². The Morgan fingerprint density at radius 3 is 0.905 bits per heavy atom. The minimum atomic E-state index is -2.00. The number of aromatic nitrogens is 4. The molecule has 0 aliphatic carbocycles. The fourth-order valence-corrected chi connectivity index (χ4v) is 8.93. The Balaban J connectivity index is 1.45. The largest absolute Gasteiger partial charge is 0.487 e. The fraction of sp³-hybridized carbons (Fsp3) is 0.327. The number of H-pyrrole nitrogens is 3. The van der Waals surface area contributed by atoms with Crippen molar-refractivity contribution in [1.29, 1.82) is 0 Å². The molecular weight excluding hydrogens is 993 g/mol. The van der Waals surface area contributed by atoms with Crippen molar-refractivity contribution in [2.75, 3.05) is 19.8 Å². The van der Waals surface area contributed by atoms with Crippen LogP contribution in [0, 0.1) is 69.8 Å². The quantitative estimate of drug-likeness (QED) is 0.0380. The molecule has 4 aromatic heterocycles. The van der Waals surface area contributed by atoms with Gasteiger partial charge in [-0.1, -0.05) is 78.6 Å². The summed E-state index contributed by atoms with van der Waals surface area (Å²) in [5.41, 5.74) is -8.53. The topological polar surface area (TPSA) is 87.9 Å². The van der Waals surface area contributed by atoms with Crippen LogP contribution in [-0.4, -0.2) is 39.8 Å². The second-order valence-corrected chi connectivity index (χ2v) is 17.8. The minimum Gasteiger partial charge on any atom is -0.487 e. The smallest absolute Gasteiger partial charge is 0.204 e. The van der Waals surface area contributed by atoms with Gasteiger partial charge in [0.25, 0.3) is 0 Å². The normalized spacial score (nSPS) is 11.9. The van der Waals surface area contributed by atoms with E-state index in [9.17, 15) is 0 Å². The zero-order valence-corrected chi connectivity index (χ0v) is 40.4.